The zero-order chi connectivity index (χ0) is 12.8. The molecule has 1 aromatic carbocycles. The van der Waals surface area contributed by atoms with Crippen LogP contribution in [-0.2, 0) is 10.4 Å². The van der Waals surface area contributed by atoms with Gasteiger partial charge in [-0.05, 0) is 12.1 Å². The third kappa shape index (κ3) is 11.7. The van der Waals surface area contributed by atoms with Crippen molar-refractivity contribution in [1.82, 2.24) is 0 Å². The summed E-state index contributed by atoms with van der Waals surface area (Å²) in [5.41, 5.74) is 10.3. The molecule has 0 atom stereocenters. The topological polar surface area (TPSA) is 114 Å². The molecule has 0 fully saturated rings. The van der Waals surface area contributed by atoms with Crippen molar-refractivity contribution >= 4 is 21.8 Å². The Morgan fingerprint density at radius 1 is 1.24 bits per heavy atom. The fourth-order valence-electron chi connectivity index (χ4n) is 0.834. The van der Waals surface area contributed by atoms with E-state index in [9.17, 15) is 0 Å². The molecule has 17 heavy (non-hydrogen) atoms. The maximum Gasteiger partial charge on any atom is 1.00 e. The van der Waals surface area contributed by atoms with E-state index in [0.29, 0.717) is 5.69 Å². The van der Waals surface area contributed by atoms with Crippen molar-refractivity contribution < 1.29 is 53.6 Å². The van der Waals surface area contributed by atoms with Crippen molar-refractivity contribution in [2.45, 2.75) is 0 Å². The molecule has 1 rings (SSSR count). The van der Waals surface area contributed by atoms with Crippen LogP contribution < -0.4 is 39.6 Å². The summed E-state index contributed by atoms with van der Waals surface area (Å²) in [4.78, 5) is 2.00. The van der Waals surface area contributed by atoms with Crippen LogP contribution in [0.15, 0.2) is 24.3 Å². The molecular formula is C8H14N3NaO4S. The quantitative estimate of drug-likeness (QED) is 0.300. The van der Waals surface area contributed by atoms with Crippen molar-refractivity contribution in [1.29, 1.82) is 0 Å². The van der Waals surface area contributed by atoms with Gasteiger partial charge < -0.3 is 11.9 Å². The summed E-state index contributed by atoms with van der Waals surface area (Å²) >= 11 is 0. The molecule has 92 valence electrons. The standard InChI is InChI=1S/C8H11N3.Na.H2O4S.H/c1-11(2)8-5-3-7(10-9)4-6-8;;1-5(2,3)4;/h3-6,10H,1-2H3;;(H2,1,2,3,4);/q;+1;;-1. The first kappa shape index (κ1) is 18.8. The summed E-state index contributed by atoms with van der Waals surface area (Å²) in [6.07, 6.45) is 0. The molecule has 9 heteroatoms. The van der Waals surface area contributed by atoms with Crippen LogP contribution in [0.5, 0.6) is 0 Å². The smallest absolute Gasteiger partial charge is 1.00 e. The Labute approximate surface area is 124 Å². The van der Waals surface area contributed by atoms with Crippen LogP contribution in [0.2, 0.25) is 0 Å². The molecule has 0 bridgehead atoms. The van der Waals surface area contributed by atoms with E-state index in [1.807, 2.05) is 43.3 Å². The number of nitrogens with zero attached hydrogens (tertiary/aromatic N) is 2. The Balaban J connectivity index is -0.000000282. The third-order valence-electron chi connectivity index (χ3n) is 1.51. The monoisotopic (exact) mass is 271 g/mol. The first-order chi connectivity index (χ1) is 7.24. The second kappa shape index (κ2) is 8.56. The molecular weight excluding hydrogens is 257 g/mol. The summed E-state index contributed by atoms with van der Waals surface area (Å²) < 4.78 is 31.6. The molecule has 3 N–H and O–H groups in total. The predicted molar refractivity (Wildman–Crippen MR) is 60.0 cm³/mol. The second-order valence-electron chi connectivity index (χ2n) is 3.00. The van der Waals surface area contributed by atoms with E-state index >= 15 is 0 Å². The SMILES string of the molecule is CN(C)c1ccc([NH+]=[N-])cc1.O=S(=O)(O)O.[H-].[Na+]. The average Bonchev–Trinajstić information content (AvgIpc) is 2.15. The van der Waals surface area contributed by atoms with E-state index in [2.05, 4.69) is 5.11 Å². The molecule has 0 spiro atoms. The molecule has 0 aliphatic carbocycles. The van der Waals surface area contributed by atoms with Gasteiger partial charge in [-0.3, -0.25) is 14.2 Å². The predicted octanol–water partition coefficient (Wildman–Crippen LogP) is -3.05. The zero-order valence-electron chi connectivity index (χ0n) is 10.8. The molecule has 0 aromatic heterocycles. The minimum atomic E-state index is -4.67. The number of rotatable bonds is 2. The molecule has 0 unspecified atom stereocenters. The van der Waals surface area contributed by atoms with Gasteiger partial charge >= 0.3 is 40.0 Å². The van der Waals surface area contributed by atoms with E-state index in [1.165, 1.54) is 0 Å². The van der Waals surface area contributed by atoms with Crippen LogP contribution in [0.3, 0.4) is 0 Å². The maximum absolute atomic E-state index is 8.74. The van der Waals surface area contributed by atoms with E-state index in [4.69, 9.17) is 23.1 Å². The minimum absolute atomic E-state index is 0. The molecule has 0 radical (unpaired) electrons. The van der Waals surface area contributed by atoms with Crippen molar-refractivity contribution in [2.75, 3.05) is 19.0 Å². The Morgan fingerprint density at radius 2 is 1.59 bits per heavy atom. The fraction of sp³-hybridized carbons (Fsp3) is 0.250. The van der Waals surface area contributed by atoms with Crippen molar-refractivity contribution in [3.8, 4) is 0 Å². The first-order valence-corrected chi connectivity index (χ1v) is 5.51. The van der Waals surface area contributed by atoms with Crippen molar-refractivity contribution in [2.24, 2.45) is 0 Å². The summed E-state index contributed by atoms with van der Waals surface area (Å²) in [7, 11) is -0.719. The Kier molecular flexibility index (Phi) is 9.49. The van der Waals surface area contributed by atoms with Crippen molar-refractivity contribution in [3.05, 3.63) is 29.8 Å². The molecule has 0 saturated heterocycles. The number of nitrogens with one attached hydrogen (secondary N) is 1. The molecule has 7 nitrogen and oxygen atoms in total. The van der Waals surface area contributed by atoms with Gasteiger partial charge in [0.05, 0.1) is 0 Å². The number of hydrogen-bond acceptors (Lipinski definition) is 3. The van der Waals surface area contributed by atoms with Gasteiger partial charge in [0.2, 0.25) is 0 Å². The van der Waals surface area contributed by atoms with Gasteiger partial charge in [0.25, 0.3) is 0 Å². The van der Waals surface area contributed by atoms with Gasteiger partial charge in [-0.25, -0.2) is 0 Å². The summed E-state index contributed by atoms with van der Waals surface area (Å²) in [5.74, 6) is 0. The first-order valence-electron chi connectivity index (χ1n) is 4.11. The van der Waals surface area contributed by atoms with Gasteiger partial charge in [-0.15, -0.1) is 0 Å². The zero-order valence-corrected chi connectivity index (χ0v) is 12.6. The minimum Gasteiger partial charge on any atom is -1.00 e. The Morgan fingerprint density at radius 3 is 1.82 bits per heavy atom. The fourth-order valence-corrected chi connectivity index (χ4v) is 0.834. The van der Waals surface area contributed by atoms with E-state index in [-0.39, 0.29) is 31.0 Å². The summed E-state index contributed by atoms with van der Waals surface area (Å²) in [6.45, 7) is 0. The third-order valence-corrected chi connectivity index (χ3v) is 1.51. The molecule has 0 saturated carbocycles. The molecule has 1 aromatic rings. The van der Waals surface area contributed by atoms with Crippen molar-refractivity contribution in [3.63, 3.8) is 0 Å². The average molecular weight is 271 g/mol. The van der Waals surface area contributed by atoms with Crippen LogP contribution in [0.4, 0.5) is 11.4 Å². The molecule has 0 aliphatic rings. The molecule has 0 heterocycles. The summed E-state index contributed by atoms with van der Waals surface area (Å²) in [5, 5.41) is 2.07. The van der Waals surface area contributed by atoms with E-state index in [0.717, 1.165) is 5.69 Å². The van der Waals surface area contributed by atoms with Crippen LogP contribution in [-0.4, -0.2) is 31.6 Å². The maximum atomic E-state index is 8.74. The van der Waals surface area contributed by atoms with Gasteiger partial charge in [0.15, 0.2) is 5.69 Å². The van der Waals surface area contributed by atoms with E-state index < -0.39 is 10.4 Å². The van der Waals surface area contributed by atoms with Crippen LogP contribution in [0.25, 0.3) is 5.53 Å². The molecule has 0 aliphatic heterocycles. The van der Waals surface area contributed by atoms with Gasteiger partial charge in [0, 0.05) is 31.9 Å². The number of hydrogen-bond donors (Lipinski definition) is 3. The number of anilines is 1. The van der Waals surface area contributed by atoms with Gasteiger partial charge in [0.1, 0.15) is 0 Å². The second-order valence-corrected chi connectivity index (χ2v) is 3.90. The largest absolute Gasteiger partial charge is 1.00 e. The van der Waals surface area contributed by atoms with Crippen LogP contribution >= 0.6 is 0 Å². The summed E-state index contributed by atoms with van der Waals surface area (Å²) in [6, 6.07) is 7.49. The normalized spacial score (nSPS) is 9.41. The number of benzene rings is 1. The Bertz CT molecular complexity index is 430. The van der Waals surface area contributed by atoms with Crippen LogP contribution in [0, 0.1) is 0 Å². The Hall–Kier alpha value is -0.510. The van der Waals surface area contributed by atoms with Gasteiger partial charge in [-0.1, -0.05) is 0 Å². The van der Waals surface area contributed by atoms with Crippen LogP contribution in [0.1, 0.15) is 1.43 Å². The van der Waals surface area contributed by atoms with E-state index in [1.54, 1.807) is 0 Å². The molecule has 0 amide bonds. The van der Waals surface area contributed by atoms with Gasteiger partial charge in [-0.2, -0.15) is 8.42 Å².